The first kappa shape index (κ1) is 13.4. The lowest BCUT2D eigenvalue weighted by Gasteiger charge is -2.14. The molecule has 1 saturated heterocycles. The first-order valence-electron chi connectivity index (χ1n) is 7.16. The molecule has 0 radical (unpaired) electrons. The molecule has 0 saturated carbocycles. The third-order valence-electron chi connectivity index (χ3n) is 3.63. The van der Waals surface area contributed by atoms with Crippen molar-refractivity contribution in [1.82, 2.24) is 10.6 Å². The number of rotatable bonds is 5. The Hall–Kier alpha value is -1.03. The van der Waals surface area contributed by atoms with Crippen molar-refractivity contribution in [1.29, 1.82) is 0 Å². The van der Waals surface area contributed by atoms with Crippen molar-refractivity contribution in [3.05, 3.63) is 11.6 Å². The quantitative estimate of drug-likeness (QED) is 0.738. The highest BCUT2D eigenvalue weighted by Gasteiger charge is 2.15. The van der Waals surface area contributed by atoms with Crippen LogP contribution in [0.15, 0.2) is 11.6 Å². The lowest BCUT2D eigenvalue weighted by Crippen LogP contribution is -2.40. The molecule has 2 rings (SSSR count). The lowest BCUT2D eigenvalue weighted by molar-refractivity contribution is 0.111. The second kappa shape index (κ2) is 7.41. The van der Waals surface area contributed by atoms with Crippen LogP contribution in [0.3, 0.4) is 0 Å². The summed E-state index contributed by atoms with van der Waals surface area (Å²) >= 11 is 0. The standard InChI is InChI=1S/C14H24N2O2/c17-14(16-11-13-7-4-10-18-13)15-9-8-12-5-2-1-3-6-12/h5,13H,1-4,6-11H2,(H2,15,16,17). The first-order valence-corrected chi connectivity index (χ1v) is 7.16. The molecule has 4 heteroatoms. The average molecular weight is 252 g/mol. The van der Waals surface area contributed by atoms with Gasteiger partial charge < -0.3 is 15.4 Å². The molecule has 1 fully saturated rings. The summed E-state index contributed by atoms with van der Waals surface area (Å²) in [6.07, 6.45) is 10.8. The molecule has 2 N–H and O–H groups in total. The van der Waals surface area contributed by atoms with Crippen LogP contribution in [-0.2, 0) is 4.74 Å². The molecule has 2 aliphatic rings. The average Bonchev–Trinajstić information content (AvgIpc) is 2.91. The topological polar surface area (TPSA) is 50.4 Å². The molecule has 0 aromatic carbocycles. The van der Waals surface area contributed by atoms with E-state index in [-0.39, 0.29) is 12.1 Å². The zero-order valence-corrected chi connectivity index (χ0v) is 11.0. The summed E-state index contributed by atoms with van der Waals surface area (Å²) in [5.74, 6) is 0. The van der Waals surface area contributed by atoms with Gasteiger partial charge in [-0.05, 0) is 44.9 Å². The SMILES string of the molecule is O=C(NCCC1=CCCCC1)NCC1CCCO1. The monoisotopic (exact) mass is 252 g/mol. The molecule has 18 heavy (non-hydrogen) atoms. The highest BCUT2D eigenvalue weighted by Crippen LogP contribution is 2.19. The molecule has 2 amide bonds. The van der Waals surface area contributed by atoms with Gasteiger partial charge >= 0.3 is 6.03 Å². The van der Waals surface area contributed by atoms with E-state index in [1.165, 1.54) is 31.3 Å². The van der Waals surface area contributed by atoms with Gasteiger partial charge in [0.1, 0.15) is 0 Å². The Balaban J connectivity index is 1.52. The fourth-order valence-corrected chi connectivity index (χ4v) is 2.54. The maximum absolute atomic E-state index is 11.5. The van der Waals surface area contributed by atoms with Crippen molar-refractivity contribution in [2.45, 2.75) is 51.0 Å². The highest BCUT2D eigenvalue weighted by molar-refractivity contribution is 5.73. The van der Waals surface area contributed by atoms with E-state index < -0.39 is 0 Å². The van der Waals surface area contributed by atoms with Gasteiger partial charge in [0.25, 0.3) is 0 Å². The number of hydrogen-bond donors (Lipinski definition) is 2. The zero-order chi connectivity index (χ0) is 12.6. The molecule has 0 aromatic heterocycles. The number of carbonyl (C=O) groups excluding carboxylic acids is 1. The van der Waals surface area contributed by atoms with E-state index in [4.69, 9.17) is 4.74 Å². The van der Waals surface area contributed by atoms with Crippen molar-refractivity contribution in [2.75, 3.05) is 19.7 Å². The van der Waals surface area contributed by atoms with Crippen molar-refractivity contribution >= 4 is 6.03 Å². The Morgan fingerprint density at radius 2 is 2.28 bits per heavy atom. The number of urea groups is 1. The maximum atomic E-state index is 11.5. The molecular weight excluding hydrogens is 228 g/mol. The fourth-order valence-electron chi connectivity index (χ4n) is 2.54. The zero-order valence-electron chi connectivity index (χ0n) is 11.0. The van der Waals surface area contributed by atoms with Crippen LogP contribution in [0.2, 0.25) is 0 Å². The van der Waals surface area contributed by atoms with E-state index in [9.17, 15) is 4.79 Å². The number of nitrogens with one attached hydrogen (secondary N) is 2. The van der Waals surface area contributed by atoms with E-state index in [1.807, 2.05) is 0 Å². The van der Waals surface area contributed by atoms with Gasteiger partial charge in [0, 0.05) is 19.7 Å². The van der Waals surface area contributed by atoms with Crippen LogP contribution in [0, 0.1) is 0 Å². The van der Waals surface area contributed by atoms with E-state index in [1.54, 1.807) is 0 Å². The van der Waals surface area contributed by atoms with Crippen LogP contribution >= 0.6 is 0 Å². The molecule has 0 spiro atoms. The van der Waals surface area contributed by atoms with Crippen LogP contribution in [0.4, 0.5) is 4.79 Å². The van der Waals surface area contributed by atoms with Crippen molar-refractivity contribution < 1.29 is 9.53 Å². The number of amides is 2. The van der Waals surface area contributed by atoms with E-state index >= 15 is 0 Å². The van der Waals surface area contributed by atoms with Crippen LogP contribution < -0.4 is 10.6 Å². The maximum Gasteiger partial charge on any atom is 0.314 e. The van der Waals surface area contributed by atoms with Gasteiger partial charge in [0.2, 0.25) is 0 Å². The predicted octanol–water partition coefficient (Wildman–Crippen LogP) is 2.36. The van der Waals surface area contributed by atoms with Crippen LogP contribution in [0.1, 0.15) is 44.9 Å². The summed E-state index contributed by atoms with van der Waals surface area (Å²) in [4.78, 5) is 11.5. The normalized spacial score (nSPS) is 23.6. The summed E-state index contributed by atoms with van der Waals surface area (Å²) in [5.41, 5.74) is 1.50. The molecule has 0 bridgehead atoms. The third kappa shape index (κ3) is 4.69. The largest absolute Gasteiger partial charge is 0.376 e. The Labute approximate surface area is 109 Å². The van der Waals surface area contributed by atoms with Gasteiger partial charge in [-0.2, -0.15) is 0 Å². The number of ether oxygens (including phenoxy) is 1. The summed E-state index contributed by atoms with van der Waals surface area (Å²) in [6.45, 7) is 2.21. The molecule has 4 nitrogen and oxygen atoms in total. The third-order valence-corrected chi connectivity index (χ3v) is 3.63. The van der Waals surface area contributed by atoms with Crippen LogP contribution in [-0.4, -0.2) is 31.8 Å². The molecule has 102 valence electrons. The van der Waals surface area contributed by atoms with Gasteiger partial charge in [-0.15, -0.1) is 0 Å². The van der Waals surface area contributed by atoms with Gasteiger partial charge in [0.05, 0.1) is 6.10 Å². The molecular formula is C14H24N2O2. The number of allylic oxidation sites excluding steroid dienone is 1. The lowest BCUT2D eigenvalue weighted by atomic mass is 9.97. The molecule has 1 atom stereocenters. The van der Waals surface area contributed by atoms with E-state index in [2.05, 4.69) is 16.7 Å². The Morgan fingerprint density at radius 3 is 3.00 bits per heavy atom. The molecule has 0 aromatic rings. The second-order valence-electron chi connectivity index (χ2n) is 5.13. The van der Waals surface area contributed by atoms with Gasteiger partial charge in [-0.25, -0.2) is 4.79 Å². The fraction of sp³-hybridized carbons (Fsp3) is 0.786. The Morgan fingerprint density at radius 1 is 1.33 bits per heavy atom. The van der Waals surface area contributed by atoms with Crippen molar-refractivity contribution in [2.24, 2.45) is 0 Å². The van der Waals surface area contributed by atoms with Gasteiger partial charge in [0.15, 0.2) is 0 Å². The Bertz CT molecular complexity index is 296. The minimum Gasteiger partial charge on any atom is -0.376 e. The molecule has 1 aliphatic heterocycles. The summed E-state index contributed by atoms with van der Waals surface area (Å²) < 4.78 is 5.45. The van der Waals surface area contributed by atoms with E-state index in [0.29, 0.717) is 6.54 Å². The summed E-state index contributed by atoms with van der Waals surface area (Å²) in [6, 6.07) is -0.0677. The van der Waals surface area contributed by atoms with Gasteiger partial charge in [-0.1, -0.05) is 11.6 Å². The molecule has 1 aliphatic carbocycles. The Kier molecular flexibility index (Phi) is 5.52. The molecule has 1 unspecified atom stereocenters. The minimum absolute atomic E-state index is 0.0677. The summed E-state index contributed by atoms with van der Waals surface area (Å²) in [5, 5.41) is 5.78. The predicted molar refractivity (Wildman–Crippen MR) is 71.5 cm³/mol. The van der Waals surface area contributed by atoms with Crippen LogP contribution in [0.5, 0.6) is 0 Å². The van der Waals surface area contributed by atoms with Crippen LogP contribution in [0.25, 0.3) is 0 Å². The summed E-state index contributed by atoms with van der Waals surface area (Å²) in [7, 11) is 0. The van der Waals surface area contributed by atoms with E-state index in [0.717, 1.165) is 32.4 Å². The molecule has 1 heterocycles. The smallest absolute Gasteiger partial charge is 0.314 e. The van der Waals surface area contributed by atoms with Crippen molar-refractivity contribution in [3.63, 3.8) is 0 Å². The second-order valence-corrected chi connectivity index (χ2v) is 5.13. The highest BCUT2D eigenvalue weighted by atomic mass is 16.5. The van der Waals surface area contributed by atoms with Gasteiger partial charge in [-0.3, -0.25) is 0 Å². The minimum atomic E-state index is -0.0677. The van der Waals surface area contributed by atoms with Crippen molar-refractivity contribution in [3.8, 4) is 0 Å². The number of carbonyl (C=O) groups is 1. The number of hydrogen-bond acceptors (Lipinski definition) is 2. The first-order chi connectivity index (χ1) is 8.84.